The standard InChI is InChI=1S/C16H15F6N5O.C16H12F6N4O2/c17-10-6-12(19)11(18)4-8(10)3-9(23)5-14(28)26-1-2-27-13(7-26)24-25-15(27)16(20,21)22;17-10-6-12(19)11(18)4-8(10)3-9(27)5-14(28)25-1-2-26-13(7-25)23-24-15(26)16(20,21)22/h4,6,9H,1-3,5,7,23H2;4,6H,1-3,5,7H2. The lowest BCUT2D eigenvalue weighted by Crippen LogP contribution is -2.42. The summed E-state index contributed by atoms with van der Waals surface area (Å²) in [6.45, 7) is -0.868. The number of Topliss-reactive ketones (excluding diaryl/α,β-unsaturated/α-hetero) is 1. The minimum Gasteiger partial charge on any atom is -0.333 e. The zero-order valence-electron chi connectivity index (χ0n) is 28.4. The number of hydrogen-bond donors (Lipinski definition) is 1. The normalized spacial score (nSPS) is 14.8. The van der Waals surface area contributed by atoms with Gasteiger partial charge in [0.25, 0.3) is 0 Å². The molecule has 24 heteroatoms. The number of alkyl halides is 6. The molecule has 56 heavy (non-hydrogen) atoms. The van der Waals surface area contributed by atoms with E-state index in [1.165, 1.54) is 4.90 Å². The molecule has 2 aliphatic rings. The van der Waals surface area contributed by atoms with Crippen LogP contribution in [0.3, 0.4) is 0 Å². The molecule has 0 aliphatic carbocycles. The van der Waals surface area contributed by atoms with Crippen molar-refractivity contribution in [1.29, 1.82) is 0 Å². The first-order chi connectivity index (χ1) is 26.1. The number of halogens is 12. The summed E-state index contributed by atoms with van der Waals surface area (Å²) in [5.41, 5.74) is 5.24. The summed E-state index contributed by atoms with van der Waals surface area (Å²) in [6, 6.07) is 1.02. The Hall–Kier alpha value is -5.55. The third-order valence-electron chi connectivity index (χ3n) is 8.55. The summed E-state index contributed by atoms with van der Waals surface area (Å²) in [4.78, 5) is 39.0. The predicted octanol–water partition coefficient (Wildman–Crippen LogP) is 4.27. The van der Waals surface area contributed by atoms with Gasteiger partial charge in [-0.25, -0.2) is 26.3 Å². The Bertz CT molecular complexity index is 2130. The number of carbonyl (C=O) groups is 3. The van der Waals surface area contributed by atoms with E-state index in [9.17, 15) is 67.1 Å². The molecule has 4 aromatic rings. The van der Waals surface area contributed by atoms with Gasteiger partial charge in [0.2, 0.25) is 23.5 Å². The van der Waals surface area contributed by atoms with Crippen molar-refractivity contribution in [2.75, 3.05) is 13.1 Å². The fraction of sp³-hybridized carbons (Fsp3) is 0.406. The van der Waals surface area contributed by atoms with Gasteiger partial charge in [-0.05, 0) is 29.7 Å². The van der Waals surface area contributed by atoms with Crippen molar-refractivity contribution in [3.8, 4) is 0 Å². The van der Waals surface area contributed by atoms with E-state index < -0.39 is 101 Å². The van der Waals surface area contributed by atoms with E-state index >= 15 is 0 Å². The minimum atomic E-state index is -4.68. The average Bonchev–Trinajstić information content (AvgIpc) is 3.74. The lowest BCUT2D eigenvalue weighted by Gasteiger charge is -2.29. The van der Waals surface area contributed by atoms with Gasteiger partial charge in [-0.1, -0.05) is 0 Å². The van der Waals surface area contributed by atoms with Crippen molar-refractivity contribution in [3.63, 3.8) is 0 Å². The number of nitrogens with zero attached hydrogens (tertiary/aromatic N) is 8. The summed E-state index contributed by atoms with van der Waals surface area (Å²) in [5.74, 6) is -11.7. The number of amides is 2. The second kappa shape index (κ2) is 16.3. The number of aromatic nitrogens is 6. The Balaban J connectivity index is 0.000000214. The van der Waals surface area contributed by atoms with Crippen LogP contribution in [0.15, 0.2) is 24.3 Å². The van der Waals surface area contributed by atoms with Gasteiger partial charge in [0, 0.05) is 57.2 Å². The van der Waals surface area contributed by atoms with Crippen LogP contribution in [0.2, 0.25) is 0 Å². The monoisotopic (exact) mass is 813 g/mol. The fourth-order valence-electron chi connectivity index (χ4n) is 5.84. The zero-order valence-corrected chi connectivity index (χ0v) is 28.4. The van der Waals surface area contributed by atoms with Crippen molar-refractivity contribution in [2.45, 2.75) is 70.3 Å². The molecule has 0 saturated carbocycles. The Labute approximate surface area is 306 Å². The summed E-state index contributed by atoms with van der Waals surface area (Å²) >= 11 is 0. The predicted molar refractivity (Wildman–Crippen MR) is 163 cm³/mol. The molecule has 2 amide bonds. The fourth-order valence-corrected chi connectivity index (χ4v) is 5.84. The maximum atomic E-state index is 13.7. The van der Waals surface area contributed by atoms with Gasteiger partial charge in [0.05, 0.1) is 19.5 Å². The third-order valence-corrected chi connectivity index (χ3v) is 8.55. The van der Waals surface area contributed by atoms with Crippen molar-refractivity contribution >= 4 is 17.6 Å². The maximum Gasteiger partial charge on any atom is 0.451 e. The maximum absolute atomic E-state index is 13.7. The lowest BCUT2D eigenvalue weighted by atomic mass is 10.0. The molecule has 2 aromatic carbocycles. The molecule has 4 heterocycles. The summed E-state index contributed by atoms with van der Waals surface area (Å²) < 4.78 is 158. The Morgan fingerprint density at radius 2 is 1.04 bits per heavy atom. The van der Waals surface area contributed by atoms with Gasteiger partial charge >= 0.3 is 12.4 Å². The van der Waals surface area contributed by atoms with E-state index in [-0.39, 0.29) is 69.3 Å². The number of fused-ring (bicyclic) bond motifs is 2. The second-order valence-electron chi connectivity index (χ2n) is 12.6. The van der Waals surface area contributed by atoms with Gasteiger partial charge < -0.3 is 24.7 Å². The highest BCUT2D eigenvalue weighted by Gasteiger charge is 2.41. The van der Waals surface area contributed by atoms with Crippen LogP contribution >= 0.6 is 0 Å². The van der Waals surface area contributed by atoms with Gasteiger partial charge in [-0.2, -0.15) is 26.3 Å². The first kappa shape index (κ1) is 41.6. The third kappa shape index (κ3) is 9.63. The summed E-state index contributed by atoms with van der Waals surface area (Å²) in [5, 5.41) is 13.1. The molecule has 0 bridgehead atoms. The van der Waals surface area contributed by atoms with E-state index in [0.717, 1.165) is 14.0 Å². The topological polar surface area (TPSA) is 145 Å². The molecule has 0 spiro atoms. The first-order valence-corrected chi connectivity index (χ1v) is 16.2. The Morgan fingerprint density at radius 3 is 1.52 bits per heavy atom. The van der Waals surface area contributed by atoms with Gasteiger partial charge in [-0.3, -0.25) is 14.4 Å². The molecule has 2 aliphatic heterocycles. The number of hydrogen-bond acceptors (Lipinski definition) is 8. The smallest absolute Gasteiger partial charge is 0.333 e. The van der Waals surface area contributed by atoms with Crippen LogP contribution < -0.4 is 5.73 Å². The minimum absolute atomic E-state index is 0.000783. The van der Waals surface area contributed by atoms with Crippen LogP contribution in [0.1, 0.15) is 47.3 Å². The van der Waals surface area contributed by atoms with E-state index in [1.807, 2.05) is 0 Å². The first-order valence-electron chi connectivity index (χ1n) is 16.2. The van der Waals surface area contributed by atoms with Crippen molar-refractivity contribution in [1.82, 2.24) is 39.3 Å². The van der Waals surface area contributed by atoms with E-state index in [2.05, 4.69) is 20.4 Å². The number of carbonyl (C=O) groups excluding carboxylic acids is 3. The molecule has 1 atom stereocenters. The highest BCUT2D eigenvalue weighted by Crippen LogP contribution is 2.31. The highest BCUT2D eigenvalue weighted by atomic mass is 19.4. The van der Waals surface area contributed by atoms with Crippen molar-refractivity contribution in [2.24, 2.45) is 5.73 Å². The molecule has 0 radical (unpaired) electrons. The number of benzene rings is 2. The van der Waals surface area contributed by atoms with Crippen LogP contribution in [0.25, 0.3) is 0 Å². The molecule has 2 N–H and O–H groups in total. The summed E-state index contributed by atoms with van der Waals surface area (Å²) in [6.07, 6.45) is -11.1. The average molecular weight is 814 g/mol. The number of ketones is 1. The molecule has 1 unspecified atom stereocenters. The molecule has 2 aromatic heterocycles. The van der Waals surface area contributed by atoms with Crippen LogP contribution in [-0.2, 0) is 65.8 Å². The Morgan fingerprint density at radius 1 is 0.607 bits per heavy atom. The lowest BCUT2D eigenvalue weighted by molar-refractivity contribution is -0.149. The second-order valence-corrected chi connectivity index (χ2v) is 12.6. The van der Waals surface area contributed by atoms with Gasteiger partial charge in [0.1, 0.15) is 17.4 Å². The van der Waals surface area contributed by atoms with E-state index in [0.29, 0.717) is 24.3 Å². The van der Waals surface area contributed by atoms with Gasteiger partial charge in [0.15, 0.2) is 34.9 Å². The van der Waals surface area contributed by atoms with Gasteiger partial charge in [-0.15, -0.1) is 20.4 Å². The number of rotatable bonds is 8. The molecule has 302 valence electrons. The van der Waals surface area contributed by atoms with Crippen LogP contribution in [0.5, 0.6) is 0 Å². The molecule has 6 rings (SSSR count). The van der Waals surface area contributed by atoms with Crippen molar-refractivity contribution in [3.05, 3.63) is 93.6 Å². The molecule has 0 fully saturated rings. The van der Waals surface area contributed by atoms with Crippen LogP contribution in [0, 0.1) is 34.9 Å². The SMILES string of the molecule is NC(CC(=O)N1CCn2c(nnc2C(F)(F)F)C1)Cc1cc(F)c(F)cc1F.O=C(CC(=O)N1CCn2c(nnc2C(F)(F)F)C1)Cc1cc(F)c(F)cc1F. The largest absolute Gasteiger partial charge is 0.451 e. The van der Waals surface area contributed by atoms with Crippen LogP contribution in [0.4, 0.5) is 52.7 Å². The Kier molecular flexibility index (Phi) is 12.1. The zero-order chi connectivity index (χ0) is 41.3. The van der Waals surface area contributed by atoms with Crippen molar-refractivity contribution < 1.29 is 67.1 Å². The van der Waals surface area contributed by atoms with E-state index in [4.69, 9.17) is 5.73 Å². The van der Waals surface area contributed by atoms with E-state index in [1.54, 1.807) is 0 Å². The molecule has 12 nitrogen and oxygen atoms in total. The summed E-state index contributed by atoms with van der Waals surface area (Å²) in [7, 11) is 0. The highest BCUT2D eigenvalue weighted by molar-refractivity contribution is 5.98. The molecule has 0 saturated heterocycles. The quantitative estimate of drug-likeness (QED) is 0.158. The molecular weight excluding hydrogens is 786 g/mol. The number of nitrogens with two attached hydrogens (primary N) is 1. The molecular formula is C32H27F12N9O3. The van der Waals surface area contributed by atoms with Crippen LogP contribution in [-0.4, -0.2) is 76.1 Å².